The van der Waals surface area contributed by atoms with E-state index in [4.69, 9.17) is 5.73 Å². The Kier molecular flexibility index (Phi) is 3.53. The van der Waals surface area contributed by atoms with Gasteiger partial charge in [-0.2, -0.15) is 4.68 Å². The van der Waals surface area contributed by atoms with Crippen molar-refractivity contribution >= 4 is 17.4 Å². The molecule has 7 heteroatoms. The van der Waals surface area contributed by atoms with Gasteiger partial charge in [0.1, 0.15) is 5.82 Å². The fourth-order valence-electron chi connectivity index (χ4n) is 1.93. The van der Waals surface area contributed by atoms with Crippen LogP contribution in [-0.2, 0) is 0 Å². The van der Waals surface area contributed by atoms with Gasteiger partial charge in [-0.25, -0.2) is 4.39 Å². The SMILES string of the molecule is Nc1c(C(=O)Nc2ccc(F)cc2)nnn1-c1ccccc1. The molecule has 110 valence electrons. The Morgan fingerprint density at radius 3 is 2.45 bits per heavy atom. The Labute approximate surface area is 125 Å². The van der Waals surface area contributed by atoms with E-state index < -0.39 is 5.91 Å². The first-order chi connectivity index (χ1) is 10.6. The van der Waals surface area contributed by atoms with Crippen molar-refractivity contribution in [1.29, 1.82) is 0 Å². The van der Waals surface area contributed by atoms with Crippen LogP contribution in [0.4, 0.5) is 15.9 Å². The topological polar surface area (TPSA) is 85.8 Å². The average Bonchev–Trinajstić information content (AvgIpc) is 2.92. The molecular weight excluding hydrogens is 285 g/mol. The zero-order valence-electron chi connectivity index (χ0n) is 11.4. The predicted molar refractivity (Wildman–Crippen MR) is 80.1 cm³/mol. The molecule has 6 nitrogen and oxygen atoms in total. The summed E-state index contributed by atoms with van der Waals surface area (Å²) in [5.74, 6) is -0.760. The summed E-state index contributed by atoms with van der Waals surface area (Å²) in [6.07, 6.45) is 0. The molecule has 1 aromatic heterocycles. The third-order valence-electron chi connectivity index (χ3n) is 3.02. The average molecular weight is 297 g/mol. The number of aromatic nitrogens is 3. The molecule has 0 unspecified atom stereocenters. The summed E-state index contributed by atoms with van der Waals surface area (Å²) >= 11 is 0. The highest BCUT2D eigenvalue weighted by atomic mass is 19.1. The molecule has 1 amide bonds. The van der Waals surface area contributed by atoms with Crippen LogP contribution in [0.25, 0.3) is 5.69 Å². The Bertz CT molecular complexity index is 799. The van der Waals surface area contributed by atoms with E-state index in [-0.39, 0.29) is 17.3 Å². The summed E-state index contributed by atoms with van der Waals surface area (Å²) in [7, 11) is 0. The fourth-order valence-corrected chi connectivity index (χ4v) is 1.93. The third-order valence-corrected chi connectivity index (χ3v) is 3.02. The molecule has 2 aromatic carbocycles. The normalized spacial score (nSPS) is 10.4. The van der Waals surface area contributed by atoms with Crippen molar-refractivity contribution in [2.24, 2.45) is 0 Å². The Morgan fingerprint density at radius 2 is 1.77 bits per heavy atom. The van der Waals surface area contributed by atoms with Crippen molar-refractivity contribution in [2.75, 3.05) is 11.1 Å². The van der Waals surface area contributed by atoms with Gasteiger partial charge in [0.15, 0.2) is 11.5 Å². The van der Waals surface area contributed by atoms with Crippen molar-refractivity contribution in [3.05, 3.63) is 66.1 Å². The monoisotopic (exact) mass is 297 g/mol. The van der Waals surface area contributed by atoms with Crippen LogP contribution in [0.5, 0.6) is 0 Å². The van der Waals surface area contributed by atoms with Gasteiger partial charge in [0, 0.05) is 5.69 Å². The summed E-state index contributed by atoms with van der Waals surface area (Å²) in [5.41, 5.74) is 7.09. The van der Waals surface area contributed by atoms with E-state index in [0.29, 0.717) is 11.4 Å². The number of carbonyl (C=O) groups is 1. The third kappa shape index (κ3) is 2.64. The molecule has 0 fully saturated rings. The number of hydrogen-bond donors (Lipinski definition) is 2. The lowest BCUT2D eigenvalue weighted by Crippen LogP contribution is -2.15. The predicted octanol–water partition coefficient (Wildman–Crippen LogP) is 2.24. The standard InChI is InChI=1S/C15H12FN5O/c16-10-6-8-11(9-7-10)18-15(22)13-14(17)21(20-19-13)12-4-2-1-3-5-12/h1-9H,17H2,(H,18,22). The lowest BCUT2D eigenvalue weighted by atomic mass is 10.3. The Morgan fingerprint density at radius 1 is 1.09 bits per heavy atom. The highest BCUT2D eigenvalue weighted by Crippen LogP contribution is 2.16. The zero-order chi connectivity index (χ0) is 15.5. The fraction of sp³-hybridized carbons (Fsp3) is 0. The van der Waals surface area contributed by atoms with Crippen LogP contribution in [0.2, 0.25) is 0 Å². The highest BCUT2D eigenvalue weighted by Gasteiger charge is 2.18. The van der Waals surface area contributed by atoms with E-state index in [1.54, 1.807) is 12.1 Å². The summed E-state index contributed by atoms with van der Waals surface area (Å²) < 4.78 is 14.2. The quantitative estimate of drug-likeness (QED) is 0.776. The van der Waals surface area contributed by atoms with Crippen LogP contribution in [0.1, 0.15) is 10.5 Å². The maximum absolute atomic E-state index is 12.8. The molecule has 0 bridgehead atoms. The summed E-state index contributed by atoms with van der Waals surface area (Å²) in [6.45, 7) is 0. The molecule has 3 rings (SSSR count). The Hall–Kier alpha value is -3.22. The van der Waals surface area contributed by atoms with E-state index in [1.165, 1.54) is 28.9 Å². The number of anilines is 2. The van der Waals surface area contributed by atoms with Crippen molar-refractivity contribution in [2.45, 2.75) is 0 Å². The van der Waals surface area contributed by atoms with Crippen LogP contribution in [-0.4, -0.2) is 20.9 Å². The zero-order valence-corrected chi connectivity index (χ0v) is 11.4. The number of carbonyl (C=O) groups excluding carboxylic acids is 1. The lowest BCUT2D eigenvalue weighted by molar-refractivity contribution is 0.102. The van der Waals surface area contributed by atoms with Gasteiger partial charge in [0.05, 0.1) is 5.69 Å². The van der Waals surface area contributed by atoms with Crippen LogP contribution in [0, 0.1) is 5.82 Å². The maximum Gasteiger partial charge on any atom is 0.280 e. The van der Waals surface area contributed by atoms with Gasteiger partial charge < -0.3 is 11.1 Å². The number of benzene rings is 2. The van der Waals surface area contributed by atoms with E-state index in [1.807, 2.05) is 18.2 Å². The van der Waals surface area contributed by atoms with Gasteiger partial charge in [-0.05, 0) is 36.4 Å². The largest absolute Gasteiger partial charge is 0.382 e. The smallest absolute Gasteiger partial charge is 0.280 e. The van der Waals surface area contributed by atoms with Gasteiger partial charge in [-0.1, -0.05) is 23.4 Å². The number of nitrogens with zero attached hydrogens (tertiary/aromatic N) is 3. The molecule has 0 aliphatic rings. The molecule has 0 atom stereocenters. The molecule has 0 aliphatic carbocycles. The second-order valence-corrected chi connectivity index (χ2v) is 4.53. The van der Waals surface area contributed by atoms with Gasteiger partial charge >= 0.3 is 0 Å². The van der Waals surface area contributed by atoms with E-state index in [2.05, 4.69) is 15.6 Å². The molecule has 22 heavy (non-hydrogen) atoms. The van der Waals surface area contributed by atoms with E-state index in [9.17, 15) is 9.18 Å². The molecule has 3 N–H and O–H groups in total. The second-order valence-electron chi connectivity index (χ2n) is 4.53. The molecule has 0 aliphatic heterocycles. The molecule has 0 spiro atoms. The first-order valence-electron chi connectivity index (χ1n) is 6.48. The van der Waals surface area contributed by atoms with Crippen LogP contribution < -0.4 is 11.1 Å². The van der Waals surface area contributed by atoms with Crippen LogP contribution >= 0.6 is 0 Å². The van der Waals surface area contributed by atoms with Crippen molar-refractivity contribution in [3.63, 3.8) is 0 Å². The summed E-state index contributed by atoms with van der Waals surface area (Å²) in [5, 5.41) is 10.3. The highest BCUT2D eigenvalue weighted by molar-refractivity contribution is 6.05. The summed E-state index contributed by atoms with van der Waals surface area (Å²) in [4.78, 5) is 12.2. The van der Waals surface area contributed by atoms with Crippen molar-refractivity contribution < 1.29 is 9.18 Å². The molecular formula is C15H12FN5O. The van der Waals surface area contributed by atoms with Crippen molar-refractivity contribution in [1.82, 2.24) is 15.0 Å². The molecule has 3 aromatic rings. The number of nitrogen functional groups attached to an aromatic ring is 1. The van der Waals surface area contributed by atoms with E-state index >= 15 is 0 Å². The van der Waals surface area contributed by atoms with Crippen molar-refractivity contribution in [3.8, 4) is 5.69 Å². The van der Waals surface area contributed by atoms with Crippen LogP contribution in [0.3, 0.4) is 0 Å². The Balaban J connectivity index is 1.85. The van der Waals surface area contributed by atoms with Crippen LogP contribution in [0.15, 0.2) is 54.6 Å². The molecule has 0 saturated heterocycles. The number of amides is 1. The number of para-hydroxylation sites is 1. The van der Waals surface area contributed by atoms with Gasteiger partial charge in [-0.15, -0.1) is 5.10 Å². The minimum absolute atomic E-state index is 0.00757. The van der Waals surface area contributed by atoms with Gasteiger partial charge in [0.2, 0.25) is 0 Å². The number of nitrogens with one attached hydrogen (secondary N) is 1. The number of halogens is 1. The molecule has 1 heterocycles. The summed E-state index contributed by atoms with van der Waals surface area (Å²) in [6, 6.07) is 14.5. The maximum atomic E-state index is 12.8. The number of hydrogen-bond acceptors (Lipinski definition) is 4. The number of rotatable bonds is 3. The second kappa shape index (κ2) is 5.65. The van der Waals surface area contributed by atoms with Gasteiger partial charge in [-0.3, -0.25) is 4.79 Å². The van der Waals surface area contributed by atoms with Gasteiger partial charge in [0.25, 0.3) is 5.91 Å². The molecule has 0 radical (unpaired) electrons. The minimum Gasteiger partial charge on any atom is -0.382 e. The number of nitrogens with two attached hydrogens (primary N) is 1. The molecule has 0 saturated carbocycles. The minimum atomic E-state index is -0.508. The first-order valence-corrected chi connectivity index (χ1v) is 6.48. The lowest BCUT2D eigenvalue weighted by Gasteiger charge is -2.04. The van der Waals surface area contributed by atoms with E-state index in [0.717, 1.165) is 0 Å². The first kappa shape index (κ1) is 13.7.